The molecule has 3 atom stereocenters. The number of rotatable bonds is 3. The smallest absolute Gasteiger partial charge is 0.103 e. The summed E-state index contributed by atoms with van der Waals surface area (Å²) in [5, 5.41) is 0. The molecule has 0 amide bonds. The van der Waals surface area contributed by atoms with E-state index in [0.29, 0.717) is 5.92 Å². The fourth-order valence-corrected chi connectivity index (χ4v) is 2.38. The van der Waals surface area contributed by atoms with Crippen LogP contribution in [0.3, 0.4) is 0 Å². The second-order valence-corrected chi connectivity index (χ2v) is 4.69. The minimum absolute atomic E-state index is 0.685. The third kappa shape index (κ3) is 1.62. The molecule has 2 heteroatoms. The van der Waals surface area contributed by atoms with Crippen molar-refractivity contribution in [1.29, 1.82) is 0 Å². The fraction of sp³-hybridized carbons (Fsp3) is 0.800. The lowest BCUT2D eigenvalue weighted by molar-refractivity contribution is 0.436. The van der Waals surface area contributed by atoms with Crippen LogP contribution < -0.4 is 0 Å². The van der Waals surface area contributed by atoms with Crippen molar-refractivity contribution in [3.8, 4) is 0 Å². The summed E-state index contributed by atoms with van der Waals surface area (Å²) in [6.45, 7) is 15.2. The van der Waals surface area contributed by atoms with E-state index in [1.165, 1.54) is 6.32 Å². The monoisotopic (exact) mass is 162 g/mol. The fourth-order valence-electron chi connectivity index (χ4n) is 2.38. The summed E-state index contributed by atoms with van der Waals surface area (Å²) in [5.74, 6) is 2.46. The highest BCUT2D eigenvalue weighted by Crippen LogP contribution is 2.42. The lowest BCUT2D eigenvalue weighted by Gasteiger charge is -2.42. The minimum atomic E-state index is 0.685. The average Bonchev–Trinajstić information content (AvgIpc) is 2.10. The molecule has 1 saturated heterocycles. The second-order valence-electron chi connectivity index (χ2n) is 4.69. The molecular formula is C10H20B2. The molecule has 0 aromatic heterocycles. The van der Waals surface area contributed by atoms with Gasteiger partial charge in [0, 0.05) is 0 Å². The molecule has 1 rings (SSSR count). The molecule has 0 spiro atoms. The molecule has 0 bridgehead atoms. The lowest BCUT2D eigenvalue weighted by Crippen LogP contribution is -2.49. The predicted octanol–water partition coefficient (Wildman–Crippen LogP) is 3.16. The van der Waals surface area contributed by atoms with Gasteiger partial charge in [-0.1, -0.05) is 45.7 Å². The third-order valence-electron chi connectivity index (χ3n) is 4.09. The van der Waals surface area contributed by atoms with Crippen molar-refractivity contribution in [2.75, 3.05) is 0 Å². The molecule has 0 aliphatic carbocycles. The molecule has 1 aliphatic rings. The maximum atomic E-state index is 3.87. The van der Waals surface area contributed by atoms with E-state index in [1.54, 1.807) is 0 Å². The number of allylic oxidation sites excluding steroid dienone is 1. The molecule has 0 aromatic carbocycles. The van der Waals surface area contributed by atoms with Crippen molar-refractivity contribution in [1.82, 2.24) is 0 Å². The summed E-state index contributed by atoms with van der Waals surface area (Å²) in [5.41, 5.74) is 0. The van der Waals surface area contributed by atoms with Crippen molar-refractivity contribution < 1.29 is 0 Å². The zero-order valence-electron chi connectivity index (χ0n) is 8.88. The van der Waals surface area contributed by atoms with Crippen LogP contribution in [0.5, 0.6) is 0 Å². The van der Waals surface area contributed by atoms with E-state index in [4.69, 9.17) is 0 Å². The Hall–Kier alpha value is -0.130. The Bertz CT molecular complexity index is 167. The first-order valence-corrected chi connectivity index (χ1v) is 5.20. The Morgan fingerprint density at radius 3 is 2.33 bits per heavy atom. The van der Waals surface area contributed by atoms with E-state index in [1.807, 2.05) is 0 Å². The average molecular weight is 162 g/mol. The first-order chi connectivity index (χ1) is 5.57. The van der Waals surface area contributed by atoms with Crippen molar-refractivity contribution in [3.05, 3.63) is 12.7 Å². The van der Waals surface area contributed by atoms with Gasteiger partial charge in [-0.05, 0) is 11.8 Å². The Labute approximate surface area is 78.0 Å². The summed E-state index contributed by atoms with van der Waals surface area (Å²) in [6, 6.07) is 0. The van der Waals surface area contributed by atoms with Gasteiger partial charge in [-0.15, -0.1) is 6.58 Å². The van der Waals surface area contributed by atoms with E-state index in [9.17, 15) is 0 Å². The van der Waals surface area contributed by atoms with E-state index in [0.717, 1.165) is 24.9 Å². The normalized spacial score (nSPS) is 27.8. The molecule has 66 valence electrons. The van der Waals surface area contributed by atoms with Gasteiger partial charge in [-0.25, -0.2) is 0 Å². The zero-order chi connectivity index (χ0) is 9.30. The van der Waals surface area contributed by atoms with Gasteiger partial charge in [0.1, 0.15) is 13.2 Å². The summed E-state index contributed by atoms with van der Waals surface area (Å²) in [4.78, 5) is 0. The molecule has 1 fully saturated rings. The number of hydrogen-bond acceptors (Lipinski definition) is 0. The van der Waals surface area contributed by atoms with Crippen molar-refractivity contribution in [2.45, 2.75) is 39.6 Å². The Kier molecular flexibility index (Phi) is 3.09. The molecule has 0 N–H and O–H groups in total. The summed E-state index contributed by atoms with van der Waals surface area (Å²) < 4.78 is 0. The zero-order valence-corrected chi connectivity index (χ0v) is 8.88. The highest BCUT2D eigenvalue weighted by Gasteiger charge is 2.42. The molecular weight excluding hydrogens is 142 g/mol. The summed E-state index contributed by atoms with van der Waals surface area (Å²) in [7, 11) is 0. The Balaban J connectivity index is 2.44. The first kappa shape index (κ1) is 9.95. The summed E-state index contributed by atoms with van der Waals surface area (Å²) >= 11 is 0. The van der Waals surface area contributed by atoms with Gasteiger partial charge in [0.25, 0.3) is 0 Å². The molecule has 0 saturated carbocycles. The molecule has 0 aromatic rings. The van der Waals surface area contributed by atoms with Crippen LogP contribution in [0, 0.1) is 11.8 Å². The van der Waals surface area contributed by atoms with E-state index < -0.39 is 0 Å². The molecule has 0 nitrogen and oxygen atoms in total. The Morgan fingerprint density at radius 2 is 2.00 bits per heavy atom. The molecule has 1 aliphatic heterocycles. The van der Waals surface area contributed by atoms with Gasteiger partial charge in [-0.2, -0.15) is 0 Å². The van der Waals surface area contributed by atoms with Crippen LogP contribution in [0.1, 0.15) is 13.8 Å². The van der Waals surface area contributed by atoms with Gasteiger partial charge >= 0.3 is 0 Å². The largest absolute Gasteiger partial charge is 0.109 e. The predicted molar refractivity (Wildman–Crippen MR) is 60.3 cm³/mol. The number of hydrogen-bond donors (Lipinski definition) is 0. The van der Waals surface area contributed by atoms with Gasteiger partial charge in [0.2, 0.25) is 0 Å². The highest BCUT2D eigenvalue weighted by molar-refractivity contribution is 7.26. The molecule has 3 unspecified atom stereocenters. The van der Waals surface area contributed by atoms with E-state index in [-0.39, 0.29) is 0 Å². The van der Waals surface area contributed by atoms with E-state index >= 15 is 0 Å². The van der Waals surface area contributed by atoms with Gasteiger partial charge < -0.3 is 0 Å². The highest BCUT2D eigenvalue weighted by atomic mass is 14.2. The van der Waals surface area contributed by atoms with Crippen molar-refractivity contribution in [3.63, 3.8) is 0 Å². The van der Waals surface area contributed by atoms with Crippen LogP contribution in [-0.4, -0.2) is 13.2 Å². The van der Waals surface area contributed by atoms with Crippen LogP contribution in [0.2, 0.25) is 25.8 Å². The van der Waals surface area contributed by atoms with E-state index in [2.05, 4.69) is 40.1 Å². The van der Waals surface area contributed by atoms with Gasteiger partial charge in [0.05, 0.1) is 0 Å². The summed E-state index contributed by atoms with van der Waals surface area (Å²) in [6.07, 6.45) is 3.53. The molecule has 0 radical (unpaired) electrons. The molecule has 12 heavy (non-hydrogen) atoms. The third-order valence-corrected chi connectivity index (χ3v) is 4.09. The maximum Gasteiger partial charge on any atom is 0.109 e. The minimum Gasteiger partial charge on any atom is -0.103 e. The maximum absolute atomic E-state index is 3.87. The van der Waals surface area contributed by atoms with Crippen molar-refractivity contribution >= 4 is 13.2 Å². The van der Waals surface area contributed by atoms with Crippen molar-refractivity contribution in [2.24, 2.45) is 11.8 Å². The van der Waals surface area contributed by atoms with Crippen LogP contribution in [0.4, 0.5) is 0 Å². The quantitative estimate of drug-likeness (QED) is 0.441. The Morgan fingerprint density at radius 1 is 1.42 bits per heavy atom. The van der Waals surface area contributed by atoms with Gasteiger partial charge in [-0.3, -0.25) is 0 Å². The SMILES string of the molecule is C=CC(C)C(C)C1CB(C)B1C. The standard InChI is InChI=1S/C10H20B2/c1-6-8(2)9(3)10-7-11(4)12(10)5/h6,8-10H,1,7H2,2-5H3. The van der Waals surface area contributed by atoms with Crippen LogP contribution in [0.25, 0.3) is 0 Å². The van der Waals surface area contributed by atoms with Crippen LogP contribution in [-0.2, 0) is 0 Å². The molecule has 1 heterocycles. The first-order valence-electron chi connectivity index (χ1n) is 5.20. The second kappa shape index (κ2) is 3.72. The lowest BCUT2D eigenvalue weighted by atomic mass is 8.94. The topological polar surface area (TPSA) is 0 Å². The van der Waals surface area contributed by atoms with Gasteiger partial charge in [0.15, 0.2) is 0 Å². The van der Waals surface area contributed by atoms with Crippen LogP contribution >= 0.6 is 0 Å². The van der Waals surface area contributed by atoms with Crippen LogP contribution in [0.15, 0.2) is 12.7 Å².